The zero-order valence-corrected chi connectivity index (χ0v) is 17.7. The van der Waals surface area contributed by atoms with Crippen molar-refractivity contribution in [3.8, 4) is 22.9 Å². The van der Waals surface area contributed by atoms with Crippen LogP contribution in [0, 0.1) is 0 Å². The Balaban J connectivity index is 1.48. The molecule has 0 radical (unpaired) electrons. The van der Waals surface area contributed by atoms with Gasteiger partial charge in [-0.2, -0.15) is 0 Å². The van der Waals surface area contributed by atoms with Crippen LogP contribution in [0.4, 0.5) is 5.69 Å². The van der Waals surface area contributed by atoms with Crippen LogP contribution in [-0.2, 0) is 0 Å². The zero-order chi connectivity index (χ0) is 21.8. The lowest BCUT2D eigenvalue weighted by Crippen LogP contribution is -2.34. The lowest BCUT2D eigenvalue weighted by atomic mass is 10.1. The summed E-state index contributed by atoms with van der Waals surface area (Å²) in [7, 11) is 3.04. The highest BCUT2D eigenvalue weighted by atomic mass is 32.1. The van der Waals surface area contributed by atoms with Crippen LogP contribution in [0.15, 0.2) is 66.7 Å². The molecule has 4 aromatic rings. The van der Waals surface area contributed by atoms with E-state index in [1.165, 1.54) is 7.11 Å². The minimum atomic E-state index is -0.384. The smallest absolute Gasteiger partial charge is 0.261 e. The molecule has 0 atom stereocenters. The number of benzene rings is 3. The van der Waals surface area contributed by atoms with Gasteiger partial charge in [0.05, 0.1) is 30.8 Å². The van der Waals surface area contributed by atoms with Crippen LogP contribution in [0.3, 0.4) is 0 Å². The van der Waals surface area contributed by atoms with Gasteiger partial charge in [-0.25, -0.2) is 4.98 Å². The number of hydrogen-bond acceptors (Lipinski definition) is 5. The van der Waals surface area contributed by atoms with Crippen LogP contribution in [0.2, 0.25) is 0 Å². The fraction of sp³-hybridized carbons (Fsp3) is 0.0870. The molecule has 0 fully saturated rings. The number of amides is 1. The van der Waals surface area contributed by atoms with E-state index in [2.05, 4.69) is 20.6 Å². The minimum absolute atomic E-state index is 0.171. The molecule has 7 nitrogen and oxygen atoms in total. The van der Waals surface area contributed by atoms with E-state index >= 15 is 0 Å². The summed E-state index contributed by atoms with van der Waals surface area (Å²) in [6.45, 7) is 0. The molecule has 8 heteroatoms. The van der Waals surface area contributed by atoms with E-state index in [1.807, 2.05) is 48.5 Å². The molecular weight excluding hydrogens is 412 g/mol. The molecule has 0 saturated heterocycles. The predicted molar refractivity (Wildman–Crippen MR) is 125 cm³/mol. The largest absolute Gasteiger partial charge is 0.497 e. The lowest BCUT2D eigenvalue weighted by molar-refractivity contribution is 0.0974. The van der Waals surface area contributed by atoms with Crippen molar-refractivity contribution < 1.29 is 14.3 Å². The van der Waals surface area contributed by atoms with Crippen molar-refractivity contribution >= 4 is 40.0 Å². The number of aromatic amines is 1. The number of para-hydroxylation sites is 2. The van der Waals surface area contributed by atoms with Gasteiger partial charge in [-0.05, 0) is 48.6 Å². The predicted octanol–water partition coefficient (Wildman–Crippen LogP) is 4.37. The number of hydrogen-bond donors (Lipinski definition) is 3. The summed E-state index contributed by atoms with van der Waals surface area (Å²) >= 11 is 5.32. The molecule has 1 amide bonds. The standard InChI is InChI=1S/C23H20N4O3S/c1-29-16-10-11-17(20(13-16)30-2)22(28)27-23(31)24-15-7-5-6-14(12-15)21-25-18-8-3-4-9-19(18)26-21/h3-13H,1-2H3,(H,25,26)(H2,24,27,28,31). The van der Waals surface area contributed by atoms with Crippen molar-refractivity contribution in [2.75, 3.05) is 19.5 Å². The first kappa shape index (κ1) is 20.4. The molecule has 0 unspecified atom stereocenters. The number of rotatable bonds is 5. The Hall–Kier alpha value is -3.91. The molecule has 0 saturated carbocycles. The van der Waals surface area contributed by atoms with Crippen molar-refractivity contribution in [3.05, 3.63) is 72.3 Å². The molecular formula is C23H20N4O3S. The summed E-state index contributed by atoms with van der Waals surface area (Å²) in [5.74, 6) is 1.36. The first-order chi connectivity index (χ1) is 15.1. The molecule has 3 N–H and O–H groups in total. The second kappa shape index (κ2) is 8.85. The third-order valence-corrected chi connectivity index (χ3v) is 4.87. The number of carbonyl (C=O) groups is 1. The number of imidazole rings is 1. The molecule has 31 heavy (non-hydrogen) atoms. The maximum Gasteiger partial charge on any atom is 0.261 e. The number of carbonyl (C=O) groups excluding carboxylic acids is 1. The van der Waals surface area contributed by atoms with Gasteiger partial charge in [0.1, 0.15) is 17.3 Å². The second-order valence-corrected chi connectivity index (χ2v) is 7.07. The molecule has 0 bridgehead atoms. The maximum atomic E-state index is 12.6. The van der Waals surface area contributed by atoms with E-state index in [9.17, 15) is 4.79 Å². The number of thiocarbonyl (C=S) groups is 1. The molecule has 1 aromatic heterocycles. The van der Waals surface area contributed by atoms with E-state index in [0.717, 1.165) is 28.1 Å². The first-order valence-electron chi connectivity index (χ1n) is 9.47. The lowest BCUT2D eigenvalue weighted by Gasteiger charge is -2.13. The van der Waals surface area contributed by atoms with Gasteiger partial charge in [0.15, 0.2) is 5.11 Å². The highest BCUT2D eigenvalue weighted by molar-refractivity contribution is 7.80. The fourth-order valence-electron chi connectivity index (χ4n) is 3.15. The third kappa shape index (κ3) is 4.49. The normalized spacial score (nSPS) is 10.5. The Labute approximate surface area is 184 Å². The zero-order valence-electron chi connectivity index (χ0n) is 16.9. The average molecular weight is 433 g/mol. The fourth-order valence-corrected chi connectivity index (χ4v) is 3.36. The number of aromatic nitrogens is 2. The Morgan fingerprint density at radius 3 is 2.61 bits per heavy atom. The minimum Gasteiger partial charge on any atom is -0.497 e. The van der Waals surface area contributed by atoms with Crippen molar-refractivity contribution in [1.29, 1.82) is 0 Å². The molecule has 0 spiro atoms. The average Bonchev–Trinajstić information content (AvgIpc) is 3.23. The molecule has 1 heterocycles. The molecule has 0 aliphatic carbocycles. The molecule has 4 rings (SSSR count). The molecule has 156 valence electrons. The van der Waals surface area contributed by atoms with Gasteiger partial charge in [-0.3, -0.25) is 10.1 Å². The number of methoxy groups -OCH3 is 2. The Kier molecular flexibility index (Phi) is 5.81. The summed E-state index contributed by atoms with van der Waals surface area (Å²) in [6.07, 6.45) is 0. The van der Waals surface area contributed by atoms with Crippen LogP contribution < -0.4 is 20.1 Å². The van der Waals surface area contributed by atoms with Crippen LogP contribution in [-0.4, -0.2) is 35.2 Å². The molecule has 0 aliphatic rings. The number of H-pyrrole nitrogens is 1. The van der Waals surface area contributed by atoms with E-state index in [4.69, 9.17) is 21.7 Å². The number of nitrogens with zero attached hydrogens (tertiary/aromatic N) is 1. The highest BCUT2D eigenvalue weighted by Gasteiger charge is 2.15. The van der Waals surface area contributed by atoms with Gasteiger partial charge in [-0.1, -0.05) is 24.3 Å². The van der Waals surface area contributed by atoms with Gasteiger partial charge < -0.3 is 19.8 Å². The van der Waals surface area contributed by atoms with Crippen molar-refractivity contribution in [1.82, 2.24) is 15.3 Å². The number of ether oxygens (including phenoxy) is 2. The Bertz CT molecular complexity index is 1240. The van der Waals surface area contributed by atoms with E-state index in [0.29, 0.717) is 17.1 Å². The van der Waals surface area contributed by atoms with E-state index in [-0.39, 0.29) is 11.0 Å². The van der Waals surface area contributed by atoms with Crippen LogP contribution >= 0.6 is 12.2 Å². The summed E-state index contributed by atoms with van der Waals surface area (Å²) in [5.41, 5.74) is 3.83. The first-order valence-corrected chi connectivity index (χ1v) is 9.88. The van der Waals surface area contributed by atoms with Gasteiger partial charge >= 0.3 is 0 Å². The van der Waals surface area contributed by atoms with Crippen LogP contribution in [0.25, 0.3) is 22.4 Å². The Morgan fingerprint density at radius 2 is 1.84 bits per heavy atom. The summed E-state index contributed by atoms with van der Waals surface area (Å²) < 4.78 is 10.4. The summed E-state index contributed by atoms with van der Waals surface area (Å²) in [5, 5.41) is 5.88. The Morgan fingerprint density at radius 1 is 1.00 bits per heavy atom. The van der Waals surface area contributed by atoms with Crippen LogP contribution in [0.5, 0.6) is 11.5 Å². The summed E-state index contributed by atoms with van der Waals surface area (Å²) in [4.78, 5) is 20.6. The van der Waals surface area contributed by atoms with Gasteiger partial charge in [0, 0.05) is 17.3 Å². The molecule has 0 aliphatic heterocycles. The maximum absolute atomic E-state index is 12.6. The van der Waals surface area contributed by atoms with Crippen molar-refractivity contribution in [2.45, 2.75) is 0 Å². The quantitative estimate of drug-likeness (QED) is 0.406. The van der Waals surface area contributed by atoms with Gasteiger partial charge in [0.25, 0.3) is 5.91 Å². The summed E-state index contributed by atoms with van der Waals surface area (Å²) in [6, 6.07) is 20.4. The van der Waals surface area contributed by atoms with E-state index in [1.54, 1.807) is 25.3 Å². The van der Waals surface area contributed by atoms with E-state index < -0.39 is 0 Å². The molecule has 3 aromatic carbocycles. The van der Waals surface area contributed by atoms with Crippen LogP contribution in [0.1, 0.15) is 10.4 Å². The topological polar surface area (TPSA) is 88.3 Å². The highest BCUT2D eigenvalue weighted by Crippen LogP contribution is 2.25. The third-order valence-electron chi connectivity index (χ3n) is 4.66. The SMILES string of the molecule is COc1ccc(C(=O)NC(=S)Nc2cccc(-c3nc4ccccc4[nH]3)c2)c(OC)c1. The van der Waals surface area contributed by atoms with Gasteiger partial charge in [0.2, 0.25) is 0 Å². The number of nitrogens with one attached hydrogen (secondary N) is 3. The number of anilines is 1. The van der Waals surface area contributed by atoms with Crippen molar-refractivity contribution in [3.63, 3.8) is 0 Å². The van der Waals surface area contributed by atoms with Crippen molar-refractivity contribution in [2.24, 2.45) is 0 Å². The monoisotopic (exact) mass is 432 g/mol. The second-order valence-electron chi connectivity index (χ2n) is 6.66. The number of fused-ring (bicyclic) bond motifs is 1. The van der Waals surface area contributed by atoms with Gasteiger partial charge in [-0.15, -0.1) is 0 Å².